The lowest BCUT2D eigenvalue weighted by Crippen LogP contribution is -2.00. The zero-order chi connectivity index (χ0) is 49.3. The zero-order valence-electron chi connectivity index (χ0n) is 40.0. The van der Waals surface area contributed by atoms with Gasteiger partial charge in [-0.05, 0) is 127 Å². The molecule has 0 saturated heterocycles. The number of fused-ring (bicyclic) bond motifs is 12. The lowest BCUT2D eigenvalue weighted by molar-refractivity contribution is 0.457. The predicted molar refractivity (Wildman–Crippen MR) is 320 cm³/mol. The van der Waals surface area contributed by atoms with Crippen molar-refractivity contribution in [3.8, 4) is 72.8 Å². The molecule has 355 valence electrons. The third-order valence-corrected chi connectivity index (χ3v) is 15.4. The maximum atomic E-state index is 8.86. The van der Waals surface area contributed by atoms with Gasteiger partial charge in [0.25, 0.3) is 0 Å². The Morgan fingerprint density at radius 1 is 0.320 bits per heavy atom. The van der Waals surface area contributed by atoms with Crippen LogP contribution in [0.1, 0.15) is 7.43 Å². The van der Waals surface area contributed by atoms with E-state index in [9.17, 15) is 0 Å². The van der Waals surface area contributed by atoms with Crippen molar-refractivity contribution in [2.24, 2.45) is 0 Å². The summed E-state index contributed by atoms with van der Waals surface area (Å²) < 4.78 is 11.0. The fraction of sp³-hybridized carbons (Fsp3) is 0.0145. The van der Waals surface area contributed by atoms with E-state index in [2.05, 4.69) is 256 Å². The standard InChI is InChI=1S/C34H21N.C18H12BrN.C16H10BO2.CH4/c1-2-9-23(10-3-1)35-32-16-7-6-13-27(32)28-18-17-22(21-33(28)35)24-19-20-31-26-12-5-4-11-25(26)30-15-8-14-29(24)34(30)31;19-13-10-11-16-15-8-4-5-9-17(15)20(18(16)12-13)14-6-2-1-3-7-14;18-17-19-15-9-8-13-11-5-2-1-4-10(11)12-6-3-7-14(15)16(12)13;/h1-21H;1-12H;1-9,18H;1H4. The highest BCUT2D eigenvalue weighted by Crippen LogP contribution is 2.51. The van der Waals surface area contributed by atoms with Crippen molar-refractivity contribution in [3.63, 3.8) is 0 Å². The first-order valence-corrected chi connectivity index (χ1v) is 25.7. The topological polar surface area (TPSA) is 39.3 Å². The molecule has 2 aliphatic carbocycles. The summed E-state index contributed by atoms with van der Waals surface area (Å²) in [5, 5.41) is 18.9. The number of aromatic nitrogens is 2. The van der Waals surface area contributed by atoms with Gasteiger partial charge in [0.05, 0.1) is 22.1 Å². The highest BCUT2D eigenvalue weighted by molar-refractivity contribution is 9.10. The van der Waals surface area contributed by atoms with Gasteiger partial charge in [0.15, 0.2) is 0 Å². The summed E-state index contributed by atoms with van der Waals surface area (Å²) in [5.74, 6) is 0.677. The van der Waals surface area contributed by atoms with Gasteiger partial charge in [-0.3, -0.25) is 0 Å². The SMILES string of the molecule is Brc1ccc2c3ccccc3n(-c3ccccc3)c2c1.C.O[B]Oc1ccc2c3c(cccc13)-c1ccccc1-2.c1ccc(-n2c3ccccc3c3ccc(-c4ccc5c6c(cccc46)-c4ccccc4-5)cc32)cc1. The Kier molecular flexibility index (Phi) is 11.5. The number of halogens is 1. The van der Waals surface area contributed by atoms with Crippen LogP contribution in [0.2, 0.25) is 0 Å². The molecule has 0 unspecified atom stereocenters. The molecule has 14 aromatic rings. The lowest BCUT2D eigenvalue weighted by Gasteiger charge is -2.12. The van der Waals surface area contributed by atoms with E-state index in [4.69, 9.17) is 9.68 Å². The van der Waals surface area contributed by atoms with E-state index in [0.29, 0.717) is 5.75 Å². The van der Waals surface area contributed by atoms with Gasteiger partial charge in [0.1, 0.15) is 5.75 Å². The number of nitrogens with zero attached hydrogens (tertiary/aromatic N) is 2. The molecule has 2 heterocycles. The molecule has 0 aliphatic heterocycles. The second-order valence-electron chi connectivity index (χ2n) is 18.8. The van der Waals surface area contributed by atoms with Gasteiger partial charge in [-0.1, -0.05) is 217 Å². The first-order chi connectivity index (χ1) is 36.6. The number of rotatable bonds is 5. The molecule has 2 aliphatic rings. The fourth-order valence-electron chi connectivity index (χ4n) is 11.8. The number of hydrogen-bond acceptors (Lipinski definition) is 2. The van der Waals surface area contributed by atoms with Crippen molar-refractivity contribution in [3.05, 3.63) is 259 Å². The maximum Gasteiger partial charge on any atom is 0.569 e. The summed E-state index contributed by atoms with van der Waals surface area (Å²) in [6, 6.07) is 90.5. The lowest BCUT2D eigenvalue weighted by atomic mass is 9.94. The summed E-state index contributed by atoms with van der Waals surface area (Å²) in [6.45, 7) is 0. The van der Waals surface area contributed by atoms with Gasteiger partial charge in [-0.15, -0.1) is 0 Å². The normalized spacial score (nSPS) is 11.5. The van der Waals surface area contributed by atoms with E-state index in [1.54, 1.807) is 0 Å². The molecule has 0 amide bonds. The van der Waals surface area contributed by atoms with Gasteiger partial charge in [0, 0.05) is 48.2 Å². The van der Waals surface area contributed by atoms with Crippen molar-refractivity contribution < 1.29 is 9.68 Å². The van der Waals surface area contributed by atoms with E-state index in [0.717, 1.165) is 17.5 Å². The van der Waals surface area contributed by atoms with Crippen LogP contribution in [0.15, 0.2) is 259 Å². The molecule has 1 radical (unpaired) electrons. The molecule has 1 N–H and O–H groups in total. The van der Waals surface area contributed by atoms with Crippen molar-refractivity contribution in [2.75, 3.05) is 0 Å². The van der Waals surface area contributed by atoms with E-state index in [1.807, 2.05) is 24.3 Å². The third-order valence-electron chi connectivity index (χ3n) is 14.9. The van der Waals surface area contributed by atoms with Gasteiger partial charge >= 0.3 is 7.69 Å². The van der Waals surface area contributed by atoms with Crippen LogP contribution >= 0.6 is 15.9 Å². The number of benzene rings is 12. The van der Waals surface area contributed by atoms with Crippen LogP contribution < -0.4 is 4.65 Å². The monoisotopic (exact) mass is 1030 g/mol. The Morgan fingerprint density at radius 3 is 1.28 bits per heavy atom. The van der Waals surface area contributed by atoms with Crippen LogP contribution in [0.25, 0.3) is 132 Å². The third kappa shape index (κ3) is 7.47. The Bertz CT molecular complexity index is 4460. The van der Waals surface area contributed by atoms with Gasteiger partial charge in [-0.2, -0.15) is 0 Å². The predicted octanol–water partition coefficient (Wildman–Crippen LogP) is 18.8. The summed E-state index contributed by atoms with van der Waals surface area (Å²) in [4.78, 5) is 0. The van der Waals surface area contributed by atoms with Crippen LogP contribution in [0.5, 0.6) is 5.75 Å². The Morgan fingerprint density at radius 2 is 0.720 bits per heavy atom. The molecule has 0 saturated carbocycles. The summed E-state index contributed by atoms with van der Waals surface area (Å²) in [5.41, 5.74) is 20.2. The van der Waals surface area contributed by atoms with Gasteiger partial charge in [0.2, 0.25) is 0 Å². The summed E-state index contributed by atoms with van der Waals surface area (Å²) in [7, 11) is 0.728. The quantitative estimate of drug-likeness (QED) is 0.175. The first-order valence-electron chi connectivity index (χ1n) is 24.9. The fourth-order valence-corrected chi connectivity index (χ4v) is 12.1. The Hall–Kier alpha value is -8.94. The Balaban J connectivity index is 0.000000116. The molecule has 16 rings (SSSR count). The second kappa shape index (κ2) is 18.8. The second-order valence-corrected chi connectivity index (χ2v) is 19.7. The highest BCUT2D eigenvalue weighted by atomic mass is 79.9. The molecule has 0 atom stereocenters. The minimum atomic E-state index is 0. The van der Waals surface area contributed by atoms with E-state index in [1.165, 1.54) is 127 Å². The van der Waals surface area contributed by atoms with Gasteiger partial charge in [-0.25, -0.2) is 0 Å². The van der Waals surface area contributed by atoms with Gasteiger partial charge < -0.3 is 18.8 Å². The molecule has 2 aromatic heterocycles. The Labute approximate surface area is 444 Å². The van der Waals surface area contributed by atoms with Crippen molar-refractivity contribution in [1.29, 1.82) is 0 Å². The minimum Gasteiger partial charge on any atom is -0.537 e. The molecular formula is C69H47BBrN2O2. The minimum absolute atomic E-state index is 0. The number of para-hydroxylation sites is 4. The molecule has 75 heavy (non-hydrogen) atoms. The van der Waals surface area contributed by atoms with Crippen molar-refractivity contribution in [1.82, 2.24) is 9.13 Å². The molecular weight excluding hydrogens is 979 g/mol. The van der Waals surface area contributed by atoms with Crippen LogP contribution in [0, 0.1) is 0 Å². The summed E-state index contributed by atoms with van der Waals surface area (Å²) in [6.07, 6.45) is 0. The highest BCUT2D eigenvalue weighted by Gasteiger charge is 2.24. The average molecular weight is 1030 g/mol. The largest absolute Gasteiger partial charge is 0.569 e. The van der Waals surface area contributed by atoms with Crippen LogP contribution in [-0.4, -0.2) is 21.8 Å². The van der Waals surface area contributed by atoms with E-state index in [-0.39, 0.29) is 7.43 Å². The molecule has 0 bridgehead atoms. The molecule has 0 spiro atoms. The van der Waals surface area contributed by atoms with Crippen LogP contribution in [-0.2, 0) is 0 Å². The summed E-state index contributed by atoms with van der Waals surface area (Å²) >= 11 is 3.58. The number of hydrogen-bond donors (Lipinski definition) is 1. The average Bonchev–Trinajstić information content (AvgIpc) is 4.19. The van der Waals surface area contributed by atoms with Crippen molar-refractivity contribution in [2.45, 2.75) is 7.43 Å². The first kappa shape index (κ1) is 45.9. The van der Waals surface area contributed by atoms with E-state index < -0.39 is 0 Å². The zero-order valence-corrected chi connectivity index (χ0v) is 41.5. The molecule has 12 aromatic carbocycles. The van der Waals surface area contributed by atoms with Crippen LogP contribution in [0.4, 0.5) is 0 Å². The smallest absolute Gasteiger partial charge is 0.537 e. The molecule has 4 nitrogen and oxygen atoms in total. The van der Waals surface area contributed by atoms with Crippen molar-refractivity contribution >= 4 is 88.8 Å². The van der Waals surface area contributed by atoms with E-state index >= 15 is 0 Å². The maximum absolute atomic E-state index is 8.86. The molecule has 6 heteroatoms. The molecule has 0 fully saturated rings. The van der Waals surface area contributed by atoms with Crippen LogP contribution in [0.3, 0.4) is 0 Å².